The minimum Gasteiger partial charge on any atom is -0.334 e. The van der Waals surface area contributed by atoms with E-state index in [4.69, 9.17) is 5.73 Å². The van der Waals surface area contributed by atoms with Crippen molar-refractivity contribution < 1.29 is 9.59 Å². The first kappa shape index (κ1) is 13.5. The number of amides is 2. The third-order valence-corrected chi connectivity index (χ3v) is 3.46. The van der Waals surface area contributed by atoms with Gasteiger partial charge < -0.3 is 15.5 Å². The molecule has 0 radical (unpaired) electrons. The Labute approximate surface area is 113 Å². The summed E-state index contributed by atoms with van der Waals surface area (Å²) in [7, 11) is 1.68. The molecule has 102 valence electrons. The van der Waals surface area contributed by atoms with Crippen molar-refractivity contribution in [2.75, 3.05) is 25.0 Å². The molecule has 1 heterocycles. The number of hydrogen-bond donors (Lipinski definition) is 1. The van der Waals surface area contributed by atoms with Crippen LogP contribution in [0.5, 0.6) is 0 Å². The van der Waals surface area contributed by atoms with Crippen molar-refractivity contribution >= 4 is 17.5 Å². The fraction of sp³-hybridized carbons (Fsp3) is 0.429. The van der Waals surface area contributed by atoms with E-state index in [9.17, 15) is 9.59 Å². The number of hydrogen-bond acceptors (Lipinski definition) is 3. The normalized spacial score (nSPS) is 18.7. The monoisotopic (exact) mass is 261 g/mol. The molecule has 1 saturated heterocycles. The Bertz CT molecular complexity index is 461. The van der Waals surface area contributed by atoms with Crippen molar-refractivity contribution in [1.82, 2.24) is 4.90 Å². The highest BCUT2D eigenvalue weighted by atomic mass is 16.2. The maximum atomic E-state index is 12.4. The molecule has 1 aliphatic rings. The Morgan fingerprint density at radius 2 is 2.11 bits per heavy atom. The van der Waals surface area contributed by atoms with Gasteiger partial charge in [0.25, 0.3) is 0 Å². The molecule has 1 aromatic rings. The fourth-order valence-electron chi connectivity index (χ4n) is 2.36. The highest BCUT2D eigenvalue weighted by molar-refractivity contribution is 6.01. The number of anilines is 1. The van der Waals surface area contributed by atoms with Crippen LogP contribution in [0, 0.1) is 0 Å². The highest BCUT2D eigenvalue weighted by Crippen LogP contribution is 2.23. The molecule has 0 saturated carbocycles. The standard InChI is InChI=1S/C14H19N3O2/c1-16(13(18)7-9-15)12-8-10-17(14(12)19)11-5-3-2-4-6-11/h2-6,12H,7-10,15H2,1H3. The van der Waals surface area contributed by atoms with Crippen LogP contribution in [0.3, 0.4) is 0 Å². The van der Waals surface area contributed by atoms with Gasteiger partial charge in [-0.1, -0.05) is 18.2 Å². The van der Waals surface area contributed by atoms with Gasteiger partial charge in [-0.05, 0) is 18.6 Å². The van der Waals surface area contributed by atoms with E-state index in [1.165, 1.54) is 4.90 Å². The number of rotatable bonds is 4. The van der Waals surface area contributed by atoms with E-state index in [0.717, 1.165) is 5.69 Å². The minimum absolute atomic E-state index is 0.0147. The predicted octanol–water partition coefficient (Wildman–Crippen LogP) is 0.599. The summed E-state index contributed by atoms with van der Waals surface area (Å²) >= 11 is 0. The molecule has 0 aromatic heterocycles. The van der Waals surface area contributed by atoms with Gasteiger partial charge in [-0.3, -0.25) is 9.59 Å². The van der Waals surface area contributed by atoms with Crippen LogP contribution in [-0.2, 0) is 9.59 Å². The first-order chi connectivity index (χ1) is 9.15. The predicted molar refractivity (Wildman–Crippen MR) is 73.6 cm³/mol. The van der Waals surface area contributed by atoms with E-state index in [1.807, 2.05) is 30.3 Å². The van der Waals surface area contributed by atoms with Crippen molar-refractivity contribution in [2.45, 2.75) is 18.9 Å². The maximum absolute atomic E-state index is 12.4. The Hall–Kier alpha value is -1.88. The number of nitrogens with two attached hydrogens (primary N) is 1. The Kier molecular flexibility index (Phi) is 4.16. The third-order valence-electron chi connectivity index (χ3n) is 3.46. The van der Waals surface area contributed by atoms with Crippen LogP contribution in [-0.4, -0.2) is 42.9 Å². The van der Waals surface area contributed by atoms with E-state index in [2.05, 4.69) is 0 Å². The van der Waals surface area contributed by atoms with Crippen LogP contribution in [0.4, 0.5) is 5.69 Å². The second-order valence-electron chi connectivity index (χ2n) is 4.67. The van der Waals surface area contributed by atoms with Crippen molar-refractivity contribution in [3.05, 3.63) is 30.3 Å². The van der Waals surface area contributed by atoms with Gasteiger partial charge >= 0.3 is 0 Å². The summed E-state index contributed by atoms with van der Waals surface area (Å²) in [5.41, 5.74) is 6.26. The summed E-state index contributed by atoms with van der Waals surface area (Å²) in [6.07, 6.45) is 0.951. The van der Waals surface area contributed by atoms with Gasteiger partial charge in [-0.25, -0.2) is 0 Å². The third kappa shape index (κ3) is 2.76. The molecule has 2 amide bonds. The lowest BCUT2D eigenvalue weighted by molar-refractivity contribution is -0.136. The lowest BCUT2D eigenvalue weighted by atomic mass is 10.2. The minimum atomic E-state index is -0.362. The summed E-state index contributed by atoms with van der Waals surface area (Å²) in [5.74, 6) is -0.0881. The van der Waals surface area contributed by atoms with Gasteiger partial charge in [0.15, 0.2) is 0 Å². The summed E-state index contributed by atoms with van der Waals surface area (Å²) in [6.45, 7) is 0.959. The average Bonchev–Trinajstić information content (AvgIpc) is 2.81. The molecule has 1 aliphatic heterocycles. The van der Waals surface area contributed by atoms with Gasteiger partial charge in [-0.15, -0.1) is 0 Å². The fourth-order valence-corrected chi connectivity index (χ4v) is 2.36. The van der Waals surface area contributed by atoms with Crippen LogP contribution in [0.15, 0.2) is 30.3 Å². The van der Waals surface area contributed by atoms with E-state index < -0.39 is 0 Å². The smallest absolute Gasteiger partial charge is 0.249 e. The van der Waals surface area contributed by atoms with Gasteiger partial charge in [0.1, 0.15) is 6.04 Å². The molecule has 19 heavy (non-hydrogen) atoms. The first-order valence-corrected chi connectivity index (χ1v) is 6.47. The summed E-state index contributed by atoms with van der Waals surface area (Å²) in [6, 6.07) is 9.17. The quantitative estimate of drug-likeness (QED) is 0.863. The number of likely N-dealkylation sites (N-methyl/N-ethyl adjacent to an activating group) is 1. The van der Waals surface area contributed by atoms with Crippen molar-refractivity contribution in [3.63, 3.8) is 0 Å². The molecular weight excluding hydrogens is 242 g/mol. The number of para-hydroxylation sites is 1. The van der Waals surface area contributed by atoms with E-state index >= 15 is 0 Å². The van der Waals surface area contributed by atoms with Gasteiger partial charge in [0.05, 0.1) is 0 Å². The maximum Gasteiger partial charge on any atom is 0.249 e. The molecular formula is C14H19N3O2. The molecule has 2 N–H and O–H groups in total. The molecule has 2 rings (SSSR count). The molecule has 1 atom stereocenters. The second-order valence-corrected chi connectivity index (χ2v) is 4.67. The Morgan fingerprint density at radius 1 is 1.42 bits per heavy atom. The van der Waals surface area contributed by atoms with Crippen LogP contribution in [0.1, 0.15) is 12.8 Å². The average molecular weight is 261 g/mol. The van der Waals surface area contributed by atoms with Crippen LogP contribution in [0.25, 0.3) is 0 Å². The number of benzene rings is 1. The molecule has 0 bridgehead atoms. The van der Waals surface area contributed by atoms with Gasteiger partial charge in [-0.2, -0.15) is 0 Å². The zero-order valence-corrected chi connectivity index (χ0v) is 11.1. The topological polar surface area (TPSA) is 66.6 Å². The van der Waals surface area contributed by atoms with E-state index in [1.54, 1.807) is 11.9 Å². The summed E-state index contributed by atoms with van der Waals surface area (Å²) in [5, 5.41) is 0. The summed E-state index contributed by atoms with van der Waals surface area (Å²) in [4.78, 5) is 27.4. The lowest BCUT2D eigenvalue weighted by Crippen LogP contribution is -2.43. The largest absolute Gasteiger partial charge is 0.334 e. The van der Waals surface area contributed by atoms with Gasteiger partial charge in [0, 0.05) is 32.2 Å². The lowest BCUT2D eigenvalue weighted by Gasteiger charge is -2.24. The summed E-state index contributed by atoms with van der Waals surface area (Å²) < 4.78 is 0. The molecule has 0 spiro atoms. The van der Waals surface area contributed by atoms with E-state index in [-0.39, 0.29) is 24.3 Å². The zero-order valence-electron chi connectivity index (χ0n) is 11.1. The van der Waals surface area contributed by atoms with Crippen molar-refractivity contribution in [2.24, 2.45) is 5.73 Å². The highest BCUT2D eigenvalue weighted by Gasteiger charge is 2.36. The SMILES string of the molecule is CN(C(=O)CCN)C1CCN(c2ccccc2)C1=O. The molecule has 1 aromatic carbocycles. The van der Waals surface area contributed by atoms with Gasteiger partial charge in [0.2, 0.25) is 11.8 Å². The van der Waals surface area contributed by atoms with Crippen molar-refractivity contribution in [1.29, 1.82) is 0 Å². The molecule has 5 heteroatoms. The Morgan fingerprint density at radius 3 is 2.74 bits per heavy atom. The van der Waals surface area contributed by atoms with Crippen molar-refractivity contribution in [3.8, 4) is 0 Å². The van der Waals surface area contributed by atoms with Crippen LogP contribution >= 0.6 is 0 Å². The Balaban J connectivity index is 2.08. The number of carbonyl (C=O) groups is 2. The zero-order chi connectivity index (χ0) is 13.8. The van der Waals surface area contributed by atoms with E-state index in [0.29, 0.717) is 19.5 Å². The molecule has 5 nitrogen and oxygen atoms in total. The second kappa shape index (κ2) is 5.84. The molecule has 1 fully saturated rings. The number of nitrogens with zero attached hydrogens (tertiary/aromatic N) is 2. The van der Waals surface area contributed by atoms with Crippen LogP contribution < -0.4 is 10.6 Å². The first-order valence-electron chi connectivity index (χ1n) is 6.47. The van der Waals surface area contributed by atoms with Crippen LogP contribution in [0.2, 0.25) is 0 Å². The molecule has 1 unspecified atom stereocenters. The number of carbonyl (C=O) groups excluding carboxylic acids is 2. The molecule has 0 aliphatic carbocycles.